The van der Waals surface area contributed by atoms with Crippen molar-refractivity contribution in [2.24, 2.45) is 0 Å². The van der Waals surface area contributed by atoms with Crippen molar-refractivity contribution in [2.45, 2.75) is 6.92 Å². The molecule has 0 spiro atoms. The van der Waals surface area contributed by atoms with Crippen LogP contribution < -0.4 is 0 Å². The molecule has 0 aliphatic rings. The Balaban J connectivity index is 2.67. The number of rotatable bonds is 2. The maximum atomic E-state index is 11.4. The predicted molar refractivity (Wildman–Crippen MR) is 59.3 cm³/mol. The first-order chi connectivity index (χ1) is 7.22. The van der Waals surface area contributed by atoms with Gasteiger partial charge in [-0.25, -0.2) is 9.97 Å². The quantitative estimate of drug-likeness (QED) is 0.577. The lowest BCUT2D eigenvalue weighted by molar-refractivity contribution is 0.101. The van der Waals surface area contributed by atoms with Crippen LogP contribution in [0.4, 0.5) is 0 Å². The van der Waals surface area contributed by atoms with E-state index in [1.54, 1.807) is 6.92 Å². The van der Waals surface area contributed by atoms with Crippen molar-refractivity contribution >= 4 is 28.4 Å². The minimum absolute atomic E-state index is 0.0616. The van der Waals surface area contributed by atoms with Gasteiger partial charge in [0.15, 0.2) is 5.78 Å². The maximum absolute atomic E-state index is 11.4. The van der Waals surface area contributed by atoms with Gasteiger partial charge in [0.1, 0.15) is 5.69 Å². The van der Waals surface area contributed by atoms with Crippen LogP contribution in [0.15, 0.2) is 24.3 Å². The standard InChI is InChI=1S/C11H9ClN2O/c1-7-11(10(15)6-12)14-9-5-3-2-4-8(9)13-7/h2-5H,6H2,1H3. The van der Waals surface area contributed by atoms with Gasteiger partial charge >= 0.3 is 0 Å². The first kappa shape index (κ1) is 10.1. The van der Waals surface area contributed by atoms with Crippen molar-refractivity contribution < 1.29 is 4.79 Å². The lowest BCUT2D eigenvalue weighted by Crippen LogP contribution is -2.08. The van der Waals surface area contributed by atoms with E-state index in [1.165, 1.54) is 0 Å². The number of hydrogen-bond acceptors (Lipinski definition) is 3. The molecule has 0 saturated heterocycles. The number of fused-ring (bicyclic) bond motifs is 1. The summed E-state index contributed by atoms with van der Waals surface area (Å²) in [5, 5.41) is 0. The highest BCUT2D eigenvalue weighted by atomic mass is 35.5. The van der Waals surface area contributed by atoms with E-state index < -0.39 is 0 Å². The van der Waals surface area contributed by atoms with Crippen LogP contribution in [-0.2, 0) is 0 Å². The summed E-state index contributed by atoms with van der Waals surface area (Å²) in [7, 11) is 0. The zero-order chi connectivity index (χ0) is 10.8. The normalized spacial score (nSPS) is 10.5. The molecule has 1 heterocycles. The summed E-state index contributed by atoms with van der Waals surface area (Å²) in [6.07, 6.45) is 0. The van der Waals surface area contributed by atoms with Gasteiger partial charge in [0.05, 0.1) is 22.6 Å². The van der Waals surface area contributed by atoms with Gasteiger partial charge in [-0.2, -0.15) is 0 Å². The van der Waals surface area contributed by atoms with Crippen molar-refractivity contribution in [3.05, 3.63) is 35.7 Å². The number of alkyl halides is 1. The molecule has 1 aromatic heterocycles. The van der Waals surface area contributed by atoms with Gasteiger partial charge in [-0.3, -0.25) is 4.79 Å². The smallest absolute Gasteiger partial charge is 0.197 e. The summed E-state index contributed by atoms with van der Waals surface area (Å²) in [6, 6.07) is 7.44. The monoisotopic (exact) mass is 220 g/mol. The van der Waals surface area contributed by atoms with Gasteiger partial charge in [0, 0.05) is 0 Å². The van der Waals surface area contributed by atoms with Gasteiger partial charge < -0.3 is 0 Å². The summed E-state index contributed by atoms with van der Waals surface area (Å²) >= 11 is 5.49. The summed E-state index contributed by atoms with van der Waals surface area (Å²) in [5.74, 6) is -0.249. The van der Waals surface area contributed by atoms with Crippen LogP contribution >= 0.6 is 11.6 Å². The van der Waals surface area contributed by atoms with Crippen molar-refractivity contribution in [2.75, 3.05) is 5.88 Å². The van der Waals surface area contributed by atoms with Crippen LogP contribution in [0.1, 0.15) is 16.2 Å². The van der Waals surface area contributed by atoms with Crippen molar-refractivity contribution in [3.8, 4) is 0 Å². The number of carbonyl (C=O) groups excluding carboxylic acids is 1. The Morgan fingerprint density at radius 2 is 1.87 bits per heavy atom. The van der Waals surface area contributed by atoms with E-state index in [1.807, 2.05) is 24.3 Å². The molecule has 4 heteroatoms. The molecule has 1 aromatic carbocycles. The molecule has 0 fully saturated rings. The van der Waals surface area contributed by atoms with Crippen LogP contribution in [0, 0.1) is 6.92 Å². The number of halogens is 1. The molecule has 2 aromatic rings. The number of ketones is 1. The Kier molecular flexibility index (Phi) is 2.64. The van der Waals surface area contributed by atoms with E-state index >= 15 is 0 Å². The van der Waals surface area contributed by atoms with E-state index in [4.69, 9.17) is 11.6 Å². The lowest BCUT2D eigenvalue weighted by atomic mass is 10.2. The molecule has 0 bridgehead atoms. The van der Waals surface area contributed by atoms with Crippen LogP contribution in [0.5, 0.6) is 0 Å². The fourth-order valence-corrected chi connectivity index (χ4v) is 1.54. The predicted octanol–water partition coefficient (Wildman–Crippen LogP) is 2.36. The molecular formula is C11H9ClN2O. The minimum Gasteiger partial charge on any atom is -0.291 e. The number of hydrogen-bond donors (Lipinski definition) is 0. The van der Waals surface area contributed by atoms with Crippen LogP contribution in [0.3, 0.4) is 0 Å². The molecule has 0 aliphatic heterocycles. The fourth-order valence-electron chi connectivity index (χ4n) is 1.42. The van der Waals surface area contributed by atoms with Crippen molar-refractivity contribution in [1.29, 1.82) is 0 Å². The van der Waals surface area contributed by atoms with E-state index in [0.29, 0.717) is 11.4 Å². The molecule has 0 saturated carbocycles. The minimum atomic E-state index is -0.188. The Morgan fingerprint density at radius 1 is 1.27 bits per heavy atom. The Morgan fingerprint density at radius 3 is 2.47 bits per heavy atom. The topological polar surface area (TPSA) is 42.9 Å². The summed E-state index contributed by atoms with van der Waals surface area (Å²) in [6.45, 7) is 1.76. The number of aryl methyl sites for hydroxylation is 1. The van der Waals surface area contributed by atoms with Gasteiger partial charge in [-0.1, -0.05) is 12.1 Å². The molecule has 0 N–H and O–H groups in total. The molecule has 0 unspecified atom stereocenters. The lowest BCUT2D eigenvalue weighted by Gasteiger charge is -2.03. The van der Waals surface area contributed by atoms with Crippen LogP contribution in [0.2, 0.25) is 0 Å². The number of nitrogens with zero attached hydrogens (tertiary/aromatic N) is 2. The number of benzene rings is 1. The number of Topliss-reactive ketones (excluding diaryl/α,β-unsaturated/α-hetero) is 1. The molecule has 76 valence electrons. The molecule has 0 atom stereocenters. The van der Waals surface area contributed by atoms with Gasteiger partial charge in [0.25, 0.3) is 0 Å². The molecule has 3 nitrogen and oxygen atoms in total. The summed E-state index contributed by atoms with van der Waals surface area (Å²) in [4.78, 5) is 20.0. The Hall–Kier alpha value is -1.48. The van der Waals surface area contributed by atoms with Crippen molar-refractivity contribution in [3.63, 3.8) is 0 Å². The maximum Gasteiger partial charge on any atom is 0.197 e. The molecule has 0 radical (unpaired) electrons. The first-order valence-corrected chi connectivity index (χ1v) is 5.08. The zero-order valence-corrected chi connectivity index (χ0v) is 8.95. The third kappa shape index (κ3) is 1.83. The summed E-state index contributed by atoms with van der Waals surface area (Å²) in [5.41, 5.74) is 2.50. The third-order valence-electron chi connectivity index (χ3n) is 2.13. The van der Waals surface area contributed by atoms with E-state index in [0.717, 1.165) is 11.0 Å². The second-order valence-corrected chi connectivity index (χ2v) is 3.47. The van der Waals surface area contributed by atoms with E-state index in [2.05, 4.69) is 9.97 Å². The third-order valence-corrected chi connectivity index (χ3v) is 2.37. The Bertz CT molecular complexity index is 525. The van der Waals surface area contributed by atoms with Gasteiger partial charge in [0.2, 0.25) is 0 Å². The highest BCUT2D eigenvalue weighted by Crippen LogP contribution is 2.12. The molecule has 0 aliphatic carbocycles. The SMILES string of the molecule is Cc1nc2ccccc2nc1C(=O)CCl. The second-order valence-electron chi connectivity index (χ2n) is 3.20. The van der Waals surface area contributed by atoms with Gasteiger partial charge in [-0.05, 0) is 19.1 Å². The number of aromatic nitrogens is 2. The molecule has 0 amide bonds. The number of para-hydroxylation sites is 2. The molecule has 15 heavy (non-hydrogen) atoms. The average Bonchev–Trinajstić information content (AvgIpc) is 2.27. The van der Waals surface area contributed by atoms with Crippen molar-refractivity contribution in [1.82, 2.24) is 9.97 Å². The van der Waals surface area contributed by atoms with E-state index in [-0.39, 0.29) is 11.7 Å². The highest BCUT2D eigenvalue weighted by molar-refractivity contribution is 6.30. The average molecular weight is 221 g/mol. The highest BCUT2D eigenvalue weighted by Gasteiger charge is 2.11. The fraction of sp³-hybridized carbons (Fsp3) is 0.182. The van der Waals surface area contributed by atoms with E-state index in [9.17, 15) is 4.79 Å². The Labute approximate surface area is 92.1 Å². The largest absolute Gasteiger partial charge is 0.291 e. The van der Waals surface area contributed by atoms with Gasteiger partial charge in [-0.15, -0.1) is 11.6 Å². The zero-order valence-electron chi connectivity index (χ0n) is 8.20. The molecular weight excluding hydrogens is 212 g/mol. The first-order valence-electron chi connectivity index (χ1n) is 4.55. The molecule has 2 rings (SSSR count). The second kappa shape index (κ2) is 3.95. The number of carbonyl (C=O) groups is 1. The summed E-state index contributed by atoms with van der Waals surface area (Å²) < 4.78 is 0. The van der Waals surface area contributed by atoms with Crippen LogP contribution in [-0.4, -0.2) is 21.6 Å². The van der Waals surface area contributed by atoms with Crippen LogP contribution in [0.25, 0.3) is 11.0 Å².